The smallest absolute Gasteiger partial charge is 0.374 e. The van der Waals surface area contributed by atoms with Crippen molar-refractivity contribution in [3.63, 3.8) is 0 Å². The second kappa shape index (κ2) is 6.33. The van der Waals surface area contributed by atoms with E-state index in [9.17, 15) is 26.8 Å². The minimum Gasteiger partial charge on any atom is -0.396 e. The van der Waals surface area contributed by atoms with Crippen LogP contribution in [0, 0.1) is 0 Å². The van der Waals surface area contributed by atoms with E-state index in [1.165, 1.54) is 0 Å². The van der Waals surface area contributed by atoms with Gasteiger partial charge in [-0.1, -0.05) is 51.1 Å². The van der Waals surface area contributed by atoms with E-state index in [1.54, 1.807) is 13.1 Å². The highest BCUT2D eigenvalue weighted by atomic mass is 32.2. The summed E-state index contributed by atoms with van der Waals surface area (Å²) >= 11 is 0. The average molecular weight is 336 g/mol. The second-order valence-electron chi connectivity index (χ2n) is 6.23. The fourth-order valence-corrected chi connectivity index (χ4v) is 5.19. The summed E-state index contributed by atoms with van der Waals surface area (Å²) in [5.74, 6) is 0. The van der Waals surface area contributed by atoms with Crippen molar-refractivity contribution in [3.05, 3.63) is 0 Å². The van der Waals surface area contributed by atoms with Gasteiger partial charge in [0.1, 0.15) is 0 Å². The minimum absolute atomic E-state index is 0.364. The predicted molar refractivity (Wildman–Crippen MR) is 73.1 cm³/mol. The zero-order valence-corrected chi connectivity index (χ0v) is 14.2. The van der Waals surface area contributed by atoms with E-state index in [0.717, 1.165) is 12.8 Å². The van der Waals surface area contributed by atoms with E-state index in [-0.39, 0.29) is 5.04 Å². The Bertz CT molecular complexity index is 423. The summed E-state index contributed by atoms with van der Waals surface area (Å²) in [5, 5.41) is 5.26. The first-order chi connectivity index (χ1) is 8.75. The Morgan fingerprint density at radius 3 is 2.10 bits per heavy atom. The Balaban J connectivity index is 5.24. The number of aliphatic hydroxyl groups excluding tert-OH is 1. The molecule has 0 fully saturated rings. The van der Waals surface area contributed by atoms with Crippen molar-refractivity contribution >= 4 is 18.2 Å². The molecule has 0 aromatic heterocycles. The molecule has 0 aliphatic heterocycles. The zero-order chi connectivity index (χ0) is 16.4. The van der Waals surface area contributed by atoms with Gasteiger partial charge in [0.2, 0.25) is 0 Å². The highest BCUT2D eigenvalue weighted by Crippen LogP contribution is 2.45. The molecule has 0 bridgehead atoms. The van der Waals surface area contributed by atoms with Crippen molar-refractivity contribution in [2.45, 2.75) is 69.1 Å². The molecule has 122 valence electrons. The van der Waals surface area contributed by atoms with Crippen LogP contribution in [0.1, 0.15) is 40.0 Å². The van der Waals surface area contributed by atoms with Gasteiger partial charge in [0, 0.05) is 0 Å². The monoisotopic (exact) mass is 336 g/mol. The van der Waals surface area contributed by atoms with E-state index in [2.05, 4.69) is 4.39 Å². The van der Waals surface area contributed by atoms with Crippen LogP contribution in [-0.2, 0) is 14.5 Å². The Labute approximate surface area is 119 Å². The standard InChI is InChI=1S/C11H23F3O4SSi/c1-6-7-10(2,3)20(4,5)9(15)8-11(12,13)19(16,17)18-14/h9,15H,6-8H2,1-5H3. The van der Waals surface area contributed by atoms with Gasteiger partial charge < -0.3 is 5.11 Å². The van der Waals surface area contributed by atoms with Gasteiger partial charge in [0.05, 0.1) is 20.2 Å². The maximum atomic E-state index is 13.5. The summed E-state index contributed by atoms with van der Waals surface area (Å²) < 4.78 is 62.7. The lowest BCUT2D eigenvalue weighted by Gasteiger charge is -2.43. The fourth-order valence-electron chi connectivity index (χ4n) is 2.03. The van der Waals surface area contributed by atoms with Crippen LogP contribution in [0.5, 0.6) is 0 Å². The van der Waals surface area contributed by atoms with Crippen LogP contribution >= 0.6 is 0 Å². The van der Waals surface area contributed by atoms with E-state index >= 15 is 0 Å². The molecule has 0 saturated carbocycles. The first kappa shape index (κ1) is 19.9. The molecule has 20 heavy (non-hydrogen) atoms. The van der Waals surface area contributed by atoms with Crippen molar-refractivity contribution in [2.24, 2.45) is 0 Å². The lowest BCUT2D eigenvalue weighted by atomic mass is 10.1. The number of hydrogen-bond donors (Lipinski definition) is 1. The van der Waals surface area contributed by atoms with E-state index < -0.39 is 35.6 Å². The molecule has 0 amide bonds. The molecule has 0 spiro atoms. The van der Waals surface area contributed by atoms with Crippen molar-refractivity contribution in [3.8, 4) is 0 Å². The molecule has 0 heterocycles. The van der Waals surface area contributed by atoms with Crippen molar-refractivity contribution in [2.75, 3.05) is 0 Å². The van der Waals surface area contributed by atoms with Crippen LogP contribution in [0.15, 0.2) is 0 Å². The highest BCUT2D eigenvalue weighted by Gasteiger charge is 2.54. The SMILES string of the molecule is CCCC(C)(C)[Si](C)(C)C(O)CC(F)(F)S(=O)(=O)OF. The first-order valence-electron chi connectivity index (χ1n) is 6.36. The average Bonchev–Trinajstić information content (AvgIpc) is 2.27. The topological polar surface area (TPSA) is 63.6 Å². The fraction of sp³-hybridized carbons (Fsp3) is 1.00. The Kier molecular flexibility index (Phi) is 6.29. The summed E-state index contributed by atoms with van der Waals surface area (Å²) in [6, 6.07) is 0. The summed E-state index contributed by atoms with van der Waals surface area (Å²) in [7, 11) is -8.27. The number of alkyl halides is 2. The van der Waals surface area contributed by atoms with Crippen LogP contribution < -0.4 is 0 Å². The molecule has 1 atom stereocenters. The van der Waals surface area contributed by atoms with E-state index in [1.807, 2.05) is 20.8 Å². The van der Waals surface area contributed by atoms with Gasteiger partial charge in [-0.2, -0.15) is 17.2 Å². The number of aliphatic hydroxyl groups is 1. The second-order valence-corrected chi connectivity index (χ2v) is 13.3. The predicted octanol–water partition coefficient (Wildman–Crippen LogP) is 3.39. The molecule has 0 aliphatic rings. The quantitative estimate of drug-likeness (QED) is 0.690. The highest BCUT2D eigenvalue weighted by molar-refractivity contribution is 7.87. The maximum Gasteiger partial charge on any atom is 0.374 e. The van der Waals surface area contributed by atoms with Crippen LogP contribution in [0.4, 0.5) is 13.3 Å². The van der Waals surface area contributed by atoms with Crippen molar-refractivity contribution in [1.29, 1.82) is 0 Å². The van der Waals surface area contributed by atoms with Crippen LogP contribution in [0.2, 0.25) is 18.1 Å². The van der Waals surface area contributed by atoms with Crippen molar-refractivity contribution < 1.29 is 31.2 Å². The van der Waals surface area contributed by atoms with Gasteiger partial charge in [0.15, 0.2) is 0 Å². The summed E-state index contributed by atoms with van der Waals surface area (Å²) in [6.07, 6.45) is 0.186. The Morgan fingerprint density at radius 2 is 1.75 bits per heavy atom. The number of halogens is 3. The molecule has 9 heteroatoms. The Hall–Kier alpha value is -0.123. The summed E-state index contributed by atoms with van der Waals surface area (Å²) in [6.45, 7) is 9.10. The molecular formula is C11H23F3O4SSi. The van der Waals surface area contributed by atoms with Crippen molar-refractivity contribution in [1.82, 2.24) is 0 Å². The molecule has 0 rings (SSSR count). The van der Waals surface area contributed by atoms with Crippen LogP contribution in [0.3, 0.4) is 0 Å². The molecule has 1 N–H and O–H groups in total. The van der Waals surface area contributed by atoms with Gasteiger partial charge >= 0.3 is 15.4 Å². The van der Waals surface area contributed by atoms with Gasteiger partial charge in [0.25, 0.3) is 0 Å². The lowest BCUT2D eigenvalue weighted by Crippen LogP contribution is -2.53. The molecule has 0 aromatic rings. The summed E-state index contributed by atoms with van der Waals surface area (Å²) in [5.41, 5.74) is -1.50. The van der Waals surface area contributed by atoms with Crippen LogP contribution in [0.25, 0.3) is 0 Å². The third-order valence-corrected chi connectivity index (χ3v) is 11.0. The van der Waals surface area contributed by atoms with Gasteiger partial charge in [-0.25, -0.2) is 0 Å². The van der Waals surface area contributed by atoms with Gasteiger partial charge in [-0.3, -0.25) is 0 Å². The normalized spacial score (nSPS) is 16.2. The lowest BCUT2D eigenvalue weighted by molar-refractivity contribution is -0.0359. The van der Waals surface area contributed by atoms with Gasteiger partial charge in [-0.15, -0.1) is 0 Å². The number of rotatable bonds is 8. The van der Waals surface area contributed by atoms with Crippen LogP contribution in [-0.4, -0.2) is 32.6 Å². The Morgan fingerprint density at radius 1 is 1.30 bits per heavy atom. The van der Waals surface area contributed by atoms with E-state index in [4.69, 9.17) is 0 Å². The molecule has 0 radical (unpaired) electrons. The molecule has 0 aromatic carbocycles. The molecule has 0 saturated heterocycles. The molecular weight excluding hydrogens is 313 g/mol. The largest absolute Gasteiger partial charge is 0.396 e. The maximum absolute atomic E-state index is 13.5. The first-order valence-corrected chi connectivity index (χ1v) is 10.8. The molecule has 4 nitrogen and oxygen atoms in total. The third-order valence-electron chi connectivity index (χ3n) is 4.33. The van der Waals surface area contributed by atoms with Gasteiger partial charge in [-0.05, 0) is 9.56 Å². The molecule has 1 unspecified atom stereocenters. The zero-order valence-electron chi connectivity index (χ0n) is 12.4. The molecule has 0 aliphatic carbocycles. The minimum atomic E-state index is -5.65. The number of hydrogen-bond acceptors (Lipinski definition) is 4. The van der Waals surface area contributed by atoms with E-state index in [0.29, 0.717) is 0 Å². The third kappa shape index (κ3) is 3.96. The summed E-state index contributed by atoms with van der Waals surface area (Å²) in [4.78, 5) is 0.